The van der Waals surface area contributed by atoms with Gasteiger partial charge in [-0.25, -0.2) is 13.5 Å². The maximum atomic E-state index is 13.7. The zero-order valence-electron chi connectivity index (χ0n) is 12.3. The van der Waals surface area contributed by atoms with Gasteiger partial charge in [-0.3, -0.25) is 4.79 Å². The smallest absolute Gasteiger partial charge is 0.226 e. The van der Waals surface area contributed by atoms with E-state index in [9.17, 15) is 13.6 Å². The Balaban J connectivity index is 1.92. The Labute approximate surface area is 131 Å². The predicted octanol–water partition coefficient (Wildman–Crippen LogP) is 2.68. The summed E-state index contributed by atoms with van der Waals surface area (Å²) in [6.45, 7) is 1.96. The highest BCUT2D eigenvalue weighted by molar-refractivity contribution is 5.87. The Morgan fingerprint density at radius 1 is 1.26 bits per heavy atom. The number of carbonyl (C=O) groups is 1. The second-order valence-electron chi connectivity index (χ2n) is 6.05. The summed E-state index contributed by atoms with van der Waals surface area (Å²) in [5.41, 5.74) is 1.10. The van der Waals surface area contributed by atoms with Crippen molar-refractivity contribution in [2.24, 2.45) is 11.8 Å². The van der Waals surface area contributed by atoms with Crippen molar-refractivity contribution >= 4 is 11.7 Å². The topological polar surface area (TPSA) is 59.8 Å². The fraction of sp³-hybridized carbons (Fsp3) is 0.312. The summed E-state index contributed by atoms with van der Waals surface area (Å²) in [7, 11) is 0. The van der Waals surface area contributed by atoms with Crippen molar-refractivity contribution in [3.8, 4) is 0 Å². The molecule has 0 saturated carbocycles. The Bertz CT molecular complexity index is 809. The molecule has 7 heteroatoms. The van der Waals surface area contributed by atoms with Crippen LogP contribution >= 0.6 is 0 Å². The molecule has 0 spiro atoms. The highest BCUT2D eigenvalue weighted by Gasteiger charge is 2.42. The lowest BCUT2D eigenvalue weighted by Crippen LogP contribution is -2.40. The maximum Gasteiger partial charge on any atom is 0.226 e. The van der Waals surface area contributed by atoms with Gasteiger partial charge in [-0.2, -0.15) is 10.1 Å². The molecule has 1 aromatic heterocycles. The van der Waals surface area contributed by atoms with Gasteiger partial charge in [-0.1, -0.05) is 13.0 Å². The number of aromatic nitrogens is 3. The van der Waals surface area contributed by atoms with Crippen molar-refractivity contribution in [1.29, 1.82) is 0 Å². The molecule has 4 rings (SSSR count). The minimum absolute atomic E-state index is 0.0262. The van der Waals surface area contributed by atoms with E-state index in [4.69, 9.17) is 0 Å². The molecule has 0 saturated heterocycles. The summed E-state index contributed by atoms with van der Waals surface area (Å²) in [5, 5.41) is 7.25. The molecule has 3 atom stereocenters. The molecule has 0 radical (unpaired) electrons. The molecule has 1 aliphatic carbocycles. The normalized spacial score (nSPS) is 26.1. The van der Waals surface area contributed by atoms with Crippen molar-refractivity contribution in [2.75, 3.05) is 5.32 Å². The number of halogens is 2. The van der Waals surface area contributed by atoms with E-state index >= 15 is 0 Å². The largest absolute Gasteiger partial charge is 0.328 e. The SMILES string of the molecule is C[C@@H]1C=C2Nc3ncnn3[C@H](c3cc(F)cc(F)c3)[C@H]2C(=O)C1. The van der Waals surface area contributed by atoms with Crippen LogP contribution in [-0.2, 0) is 4.79 Å². The number of ketones is 1. The lowest BCUT2D eigenvalue weighted by Gasteiger charge is -2.37. The lowest BCUT2D eigenvalue weighted by molar-refractivity contribution is -0.123. The predicted molar refractivity (Wildman–Crippen MR) is 78.5 cm³/mol. The molecular formula is C16H14F2N4O. The standard InChI is InChI=1S/C16H14F2N4O/c1-8-2-12-14(13(23)3-8)15(22-16(21-12)19-7-20-22)9-4-10(17)6-11(18)5-9/h2,4-8,14-15H,3H2,1H3,(H,19,20,21)/t8-,14-,15-/m1/s1. The molecule has 2 aliphatic rings. The monoisotopic (exact) mass is 316 g/mol. The lowest BCUT2D eigenvalue weighted by atomic mass is 9.78. The first-order valence-electron chi connectivity index (χ1n) is 7.40. The molecule has 0 bridgehead atoms. The van der Waals surface area contributed by atoms with Gasteiger partial charge in [0.25, 0.3) is 0 Å². The van der Waals surface area contributed by atoms with Gasteiger partial charge in [-0.05, 0) is 23.6 Å². The van der Waals surface area contributed by atoms with E-state index in [1.54, 1.807) is 0 Å². The number of hydrogen-bond acceptors (Lipinski definition) is 4. The van der Waals surface area contributed by atoms with Crippen molar-refractivity contribution in [3.05, 3.63) is 53.5 Å². The summed E-state index contributed by atoms with van der Waals surface area (Å²) in [4.78, 5) is 16.7. The van der Waals surface area contributed by atoms with Crippen LogP contribution in [0.15, 0.2) is 36.3 Å². The quantitative estimate of drug-likeness (QED) is 0.879. The van der Waals surface area contributed by atoms with Gasteiger partial charge in [0.05, 0.1) is 12.0 Å². The first kappa shape index (κ1) is 14.0. The van der Waals surface area contributed by atoms with E-state index < -0.39 is 23.6 Å². The van der Waals surface area contributed by atoms with Gasteiger partial charge in [0.1, 0.15) is 23.7 Å². The molecule has 118 valence electrons. The van der Waals surface area contributed by atoms with Crippen molar-refractivity contribution in [1.82, 2.24) is 14.8 Å². The summed E-state index contributed by atoms with van der Waals surface area (Å²) in [6.07, 6.45) is 3.73. The molecule has 0 amide bonds. The number of fused-ring (bicyclic) bond motifs is 2. The summed E-state index contributed by atoms with van der Waals surface area (Å²) in [5.74, 6) is -1.30. The van der Waals surface area contributed by atoms with Gasteiger partial charge >= 0.3 is 0 Å². The minimum Gasteiger partial charge on any atom is -0.328 e. The average Bonchev–Trinajstić information content (AvgIpc) is 2.91. The van der Waals surface area contributed by atoms with Crippen LogP contribution in [0.1, 0.15) is 24.9 Å². The molecule has 2 heterocycles. The second-order valence-corrected chi connectivity index (χ2v) is 6.05. The molecule has 0 unspecified atom stereocenters. The van der Waals surface area contributed by atoms with Crippen LogP contribution in [0.25, 0.3) is 0 Å². The van der Waals surface area contributed by atoms with Gasteiger partial charge in [0, 0.05) is 18.2 Å². The van der Waals surface area contributed by atoms with E-state index in [0.717, 1.165) is 11.8 Å². The number of nitrogens with zero attached hydrogens (tertiary/aromatic N) is 3. The van der Waals surface area contributed by atoms with Crippen LogP contribution in [0.5, 0.6) is 0 Å². The maximum absolute atomic E-state index is 13.7. The second kappa shape index (κ2) is 4.97. The number of anilines is 1. The van der Waals surface area contributed by atoms with Gasteiger partial charge < -0.3 is 5.32 Å². The van der Waals surface area contributed by atoms with Crippen LogP contribution in [0.2, 0.25) is 0 Å². The average molecular weight is 316 g/mol. The van der Waals surface area contributed by atoms with Gasteiger partial charge in [0.2, 0.25) is 5.95 Å². The van der Waals surface area contributed by atoms with E-state index in [0.29, 0.717) is 17.9 Å². The molecule has 5 nitrogen and oxygen atoms in total. The number of rotatable bonds is 1. The molecular weight excluding hydrogens is 302 g/mol. The van der Waals surface area contributed by atoms with E-state index in [2.05, 4.69) is 15.4 Å². The highest BCUT2D eigenvalue weighted by atomic mass is 19.1. The van der Waals surface area contributed by atoms with Crippen LogP contribution in [-0.4, -0.2) is 20.5 Å². The summed E-state index contributed by atoms with van der Waals surface area (Å²) in [6, 6.07) is 2.69. The number of allylic oxidation sites excluding steroid dienone is 2. The van der Waals surface area contributed by atoms with Crippen LogP contribution in [0.4, 0.5) is 14.7 Å². The number of hydrogen-bond donors (Lipinski definition) is 1. The molecule has 1 N–H and O–H groups in total. The van der Waals surface area contributed by atoms with E-state index in [-0.39, 0.29) is 11.7 Å². The third-order valence-corrected chi connectivity index (χ3v) is 4.30. The van der Waals surface area contributed by atoms with Crippen molar-refractivity contribution in [2.45, 2.75) is 19.4 Å². The zero-order valence-corrected chi connectivity index (χ0v) is 12.3. The summed E-state index contributed by atoms with van der Waals surface area (Å²) < 4.78 is 28.9. The van der Waals surface area contributed by atoms with E-state index in [1.807, 2.05) is 13.0 Å². The van der Waals surface area contributed by atoms with Crippen molar-refractivity contribution in [3.63, 3.8) is 0 Å². The molecule has 23 heavy (non-hydrogen) atoms. The Hall–Kier alpha value is -2.57. The van der Waals surface area contributed by atoms with Crippen molar-refractivity contribution < 1.29 is 13.6 Å². The Kier molecular flexibility index (Phi) is 3.04. The third-order valence-electron chi connectivity index (χ3n) is 4.30. The molecule has 2 aromatic rings. The van der Waals surface area contributed by atoms with Crippen LogP contribution < -0.4 is 5.32 Å². The fourth-order valence-corrected chi connectivity index (χ4v) is 3.45. The molecule has 1 aliphatic heterocycles. The highest BCUT2D eigenvalue weighted by Crippen LogP contribution is 2.42. The van der Waals surface area contributed by atoms with E-state index in [1.165, 1.54) is 23.1 Å². The third kappa shape index (κ3) is 2.23. The molecule has 1 aromatic carbocycles. The minimum atomic E-state index is -0.678. The number of benzene rings is 1. The van der Waals surface area contributed by atoms with Crippen LogP contribution in [0.3, 0.4) is 0 Å². The zero-order chi connectivity index (χ0) is 16.1. The Morgan fingerprint density at radius 2 is 2.00 bits per heavy atom. The first-order valence-corrected chi connectivity index (χ1v) is 7.40. The van der Waals surface area contributed by atoms with Gasteiger partial charge in [-0.15, -0.1) is 0 Å². The van der Waals surface area contributed by atoms with Gasteiger partial charge in [0.15, 0.2) is 0 Å². The number of nitrogens with one attached hydrogen (secondary N) is 1. The summed E-state index contributed by atoms with van der Waals surface area (Å²) >= 11 is 0. The molecule has 0 fully saturated rings. The number of carbonyl (C=O) groups excluding carboxylic acids is 1. The van der Waals surface area contributed by atoms with Crippen LogP contribution in [0, 0.1) is 23.5 Å². The first-order chi connectivity index (χ1) is 11.0. The Morgan fingerprint density at radius 3 is 2.74 bits per heavy atom. The fourth-order valence-electron chi connectivity index (χ4n) is 3.45. The number of Topliss-reactive ketones (excluding diaryl/α,β-unsaturated/α-hetero) is 1.